The molecule has 0 aliphatic heterocycles. The lowest BCUT2D eigenvalue weighted by Crippen LogP contribution is -2.22. The van der Waals surface area contributed by atoms with Gasteiger partial charge in [0, 0.05) is 24.4 Å². The number of aryl methyl sites for hydroxylation is 3. The van der Waals surface area contributed by atoms with E-state index in [9.17, 15) is 4.79 Å². The normalized spacial score (nSPS) is 10.8. The SMILES string of the molecule is Cc1ccc(=O)n(CCCc2nc(CCl)cs2)n1. The Bertz CT molecular complexity index is 579. The van der Waals surface area contributed by atoms with Crippen molar-refractivity contribution < 1.29 is 0 Å². The topological polar surface area (TPSA) is 47.8 Å². The molecule has 2 rings (SSSR count). The van der Waals surface area contributed by atoms with Gasteiger partial charge in [-0.25, -0.2) is 9.67 Å². The van der Waals surface area contributed by atoms with E-state index in [0.717, 1.165) is 29.2 Å². The molecule has 0 aliphatic rings. The maximum absolute atomic E-state index is 11.5. The Hall–Kier alpha value is -1.20. The highest BCUT2D eigenvalue weighted by atomic mass is 35.5. The van der Waals surface area contributed by atoms with E-state index >= 15 is 0 Å². The van der Waals surface area contributed by atoms with E-state index in [1.54, 1.807) is 23.5 Å². The Morgan fingerprint density at radius 1 is 1.44 bits per heavy atom. The van der Waals surface area contributed by atoms with Gasteiger partial charge in [0.25, 0.3) is 5.56 Å². The molecule has 0 aliphatic carbocycles. The molecular formula is C12H14ClN3OS. The van der Waals surface area contributed by atoms with Gasteiger partial charge < -0.3 is 0 Å². The summed E-state index contributed by atoms with van der Waals surface area (Å²) in [5.74, 6) is 0.454. The number of thiazole rings is 1. The highest BCUT2D eigenvalue weighted by Gasteiger charge is 2.02. The minimum Gasteiger partial charge on any atom is -0.268 e. The Balaban J connectivity index is 1.92. The van der Waals surface area contributed by atoms with Crippen molar-refractivity contribution in [3.8, 4) is 0 Å². The zero-order valence-corrected chi connectivity index (χ0v) is 11.7. The maximum atomic E-state index is 11.5. The van der Waals surface area contributed by atoms with Crippen LogP contribution in [0.25, 0.3) is 0 Å². The molecule has 0 amide bonds. The lowest BCUT2D eigenvalue weighted by Gasteiger charge is -2.03. The molecular weight excluding hydrogens is 270 g/mol. The summed E-state index contributed by atoms with van der Waals surface area (Å²) in [7, 11) is 0. The number of halogens is 1. The van der Waals surface area contributed by atoms with Crippen molar-refractivity contribution in [1.29, 1.82) is 0 Å². The van der Waals surface area contributed by atoms with Crippen molar-refractivity contribution in [3.05, 3.63) is 44.3 Å². The van der Waals surface area contributed by atoms with Crippen LogP contribution in [-0.4, -0.2) is 14.8 Å². The van der Waals surface area contributed by atoms with E-state index in [-0.39, 0.29) is 5.56 Å². The fourth-order valence-corrected chi connectivity index (χ4v) is 2.68. The summed E-state index contributed by atoms with van der Waals surface area (Å²) in [4.78, 5) is 15.9. The zero-order valence-electron chi connectivity index (χ0n) is 10.1. The molecule has 96 valence electrons. The molecule has 4 nitrogen and oxygen atoms in total. The molecule has 0 saturated heterocycles. The molecule has 0 saturated carbocycles. The second-order valence-corrected chi connectivity index (χ2v) is 5.22. The number of alkyl halides is 1. The summed E-state index contributed by atoms with van der Waals surface area (Å²) in [6.07, 6.45) is 1.70. The second-order valence-electron chi connectivity index (χ2n) is 4.01. The van der Waals surface area contributed by atoms with Crippen LogP contribution in [0.5, 0.6) is 0 Å². The smallest absolute Gasteiger partial charge is 0.266 e. The van der Waals surface area contributed by atoms with Crippen molar-refractivity contribution in [2.75, 3.05) is 0 Å². The first-order valence-corrected chi connectivity index (χ1v) is 7.14. The number of hydrogen-bond acceptors (Lipinski definition) is 4. The van der Waals surface area contributed by atoms with Crippen LogP contribution in [0.1, 0.15) is 22.8 Å². The summed E-state index contributed by atoms with van der Waals surface area (Å²) >= 11 is 7.31. The summed E-state index contributed by atoms with van der Waals surface area (Å²) in [6, 6.07) is 3.28. The fourth-order valence-electron chi connectivity index (χ4n) is 1.62. The van der Waals surface area contributed by atoms with E-state index in [4.69, 9.17) is 11.6 Å². The summed E-state index contributed by atoms with van der Waals surface area (Å²) in [6.45, 7) is 2.50. The molecule has 0 aromatic carbocycles. The summed E-state index contributed by atoms with van der Waals surface area (Å²) < 4.78 is 1.51. The van der Waals surface area contributed by atoms with Gasteiger partial charge >= 0.3 is 0 Å². The minimum atomic E-state index is -0.0545. The Kier molecular flexibility index (Phi) is 4.49. The molecule has 2 aromatic rings. The van der Waals surface area contributed by atoms with E-state index in [1.165, 1.54) is 4.68 Å². The van der Waals surface area contributed by atoms with Gasteiger partial charge in [-0.2, -0.15) is 5.10 Å². The van der Waals surface area contributed by atoms with E-state index in [2.05, 4.69) is 10.1 Å². The lowest BCUT2D eigenvalue weighted by molar-refractivity contribution is 0.542. The first kappa shape index (κ1) is 13.2. The van der Waals surface area contributed by atoms with Crippen LogP contribution in [0.3, 0.4) is 0 Å². The standard InChI is InChI=1S/C12H14ClN3OS/c1-9-4-5-12(17)16(15-9)6-2-3-11-14-10(7-13)8-18-11/h4-5,8H,2-3,6-7H2,1H3. The van der Waals surface area contributed by atoms with Crippen LogP contribution in [0.15, 0.2) is 22.3 Å². The summed E-state index contributed by atoms with van der Waals surface area (Å²) in [5, 5.41) is 7.22. The van der Waals surface area contributed by atoms with Crippen LogP contribution in [0, 0.1) is 6.92 Å². The molecule has 0 N–H and O–H groups in total. The average Bonchev–Trinajstić information content (AvgIpc) is 2.81. The van der Waals surface area contributed by atoms with E-state index < -0.39 is 0 Å². The van der Waals surface area contributed by atoms with Gasteiger partial charge in [-0.05, 0) is 19.4 Å². The van der Waals surface area contributed by atoms with Gasteiger partial charge in [-0.3, -0.25) is 4.79 Å². The van der Waals surface area contributed by atoms with Crippen molar-refractivity contribution in [1.82, 2.24) is 14.8 Å². The van der Waals surface area contributed by atoms with Crippen LogP contribution >= 0.6 is 22.9 Å². The summed E-state index contributed by atoms with van der Waals surface area (Å²) in [5.41, 5.74) is 1.72. The van der Waals surface area contributed by atoms with Crippen molar-refractivity contribution in [3.63, 3.8) is 0 Å². The molecule has 0 radical (unpaired) electrons. The second kappa shape index (κ2) is 6.11. The third-order valence-corrected chi connectivity index (χ3v) is 3.73. The largest absolute Gasteiger partial charge is 0.268 e. The molecule has 2 aromatic heterocycles. The Morgan fingerprint density at radius 3 is 3.00 bits per heavy atom. The highest BCUT2D eigenvalue weighted by molar-refractivity contribution is 7.09. The molecule has 0 unspecified atom stereocenters. The lowest BCUT2D eigenvalue weighted by atomic mass is 10.3. The minimum absolute atomic E-state index is 0.0545. The van der Waals surface area contributed by atoms with Crippen molar-refractivity contribution >= 4 is 22.9 Å². The van der Waals surface area contributed by atoms with Gasteiger partial charge in [0.1, 0.15) is 0 Å². The maximum Gasteiger partial charge on any atom is 0.266 e. The molecule has 18 heavy (non-hydrogen) atoms. The molecule has 0 fully saturated rings. The van der Waals surface area contributed by atoms with Crippen molar-refractivity contribution in [2.24, 2.45) is 0 Å². The molecule has 2 heterocycles. The van der Waals surface area contributed by atoms with Gasteiger partial charge in [0.15, 0.2) is 0 Å². The van der Waals surface area contributed by atoms with Crippen LogP contribution in [0.2, 0.25) is 0 Å². The van der Waals surface area contributed by atoms with Crippen molar-refractivity contribution in [2.45, 2.75) is 32.2 Å². The highest BCUT2D eigenvalue weighted by Crippen LogP contribution is 2.13. The monoisotopic (exact) mass is 283 g/mol. The van der Waals surface area contributed by atoms with Gasteiger partial charge in [-0.15, -0.1) is 22.9 Å². The average molecular weight is 284 g/mol. The predicted octanol–water partition coefficient (Wildman–Crippen LogP) is 2.38. The van der Waals surface area contributed by atoms with Gasteiger partial charge in [-0.1, -0.05) is 0 Å². The van der Waals surface area contributed by atoms with Crippen LogP contribution in [0.4, 0.5) is 0 Å². The quantitative estimate of drug-likeness (QED) is 0.792. The number of nitrogens with zero attached hydrogens (tertiary/aromatic N) is 3. The van der Waals surface area contributed by atoms with Crippen LogP contribution < -0.4 is 5.56 Å². The number of aromatic nitrogens is 3. The third kappa shape index (κ3) is 3.40. The van der Waals surface area contributed by atoms with E-state index in [0.29, 0.717) is 12.4 Å². The molecule has 0 spiro atoms. The van der Waals surface area contributed by atoms with E-state index in [1.807, 2.05) is 12.3 Å². The number of rotatable bonds is 5. The Morgan fingerprint density at radius 2 is 2.28 bits per heavy atom. The zero-order chi connectivity index (χ0) is 13.0. The first-order valence-electron chi connectivity index (χ1n) is 5.73. The molecule has 6 heteroatoms. The van der Waals surface area contributed by atoms with Crippen LogP contribution in [-0.2, 0) is 18.8 Å². The predicted molar refractivity (Wildman–Crippen MR) is 73.2 cm³/mol. The number of hydrogen-bond donors (Lipinski definition) is 0. The first-order chi connectivity index (χ1) is 8.69. The Labute approximate surface area is 114 Å². The molecule has 0 atom stereocenters. The molecule has 0 bridgehead atoms. The third-order valence-electron chi connectivity index (χ3n) is 2.50. The van der Waals surface area contributed by atoms with Gasteiger partial charge in [0.2, 0.25) is 0 Å². The fraction of sp³-hybridized carbons (Fsp3) is 0.417. The van der Waals surface area contributed by atoms with Gasteiger partial charge in [0.05, 0.1) is 22.3 Å².